The quantitative estimate of drug-likeness (QED) is 0.780. The molecule has 0 spiro atoms. The highest BCUT2D eigenvalue weighted by Gasteiger charge is 2.31. The number of ether oxygens (including phenoxy) is 1. The van der Waals surface area contributed by atoms with Gasteiger partial charge in [0.2, 0.25) is 0 Å². The second-order valence-electron chi connectivity index (χ2n) is 4.91. The van der Waals surface area contributed by atoms with Crippen LogP contribution in [0.4, 0.5) is 0 Å². The highest BCUT2D eigenvalue weighted by molar-refractivity contribution is 5.41. The van der Waals surface area contributed by atoms with Gasteiger partial charge in [-0.3, -0.25) is 0 Å². The first-order valence-corrected chi connectivity index (χ1v) is 6.28. The lowest BCUT2D eigenvalue weighted by atomic mass is 9.75. The predicted molar refractivity (Wildman–Crippen MR) is 65.1 cm³/mol. The number of fused-ring (bicyclic) bond motifs is 3. The molecule has 1 unspecified atom stereocenters. The van der Waals surface area contributed by atoms with E-state index in [-0.39, 0.29) is 0 Å². The van der Waals surface area contributed by atoms with Crippen molar-refractivity contribution in [2.24, 2.45) is 0 Å². The molecule has 3 rings (SSSR count). The minimum absolute atomic E-state index is 0.702. The minimum Gasteiger partial charge on any atom is -0.497 e. The largest absolute Gasteiger partial charge is 0.497 e. The Bertz CT molecular complexity index is 388. The van der Waals surface area contributed by atoms with Crippen molar-refractivity contribution >= 4 is 0 Å². The summed E-state index contributed by atoms with van der Waals surface area (Å²) in [5.41, 5.74) is 3.06. The molecule has 1 aliphatic carbocycles. The van der Waals surface area contributed by atoms with E-state index in [4.69, 9.17) is 4.74 Å². The minimum atomic E-state index is 0.702. The van der Waals surface area contributed by atoms with Crippen LogP contribution in [0.3, 0.4) is 0 Å². The van der Waals surface area contributed by atoms with Gasteiger partial charge in [-0.25, -0.2) is 0 Å². The smallest absolute Gasteiger partial charge is 0.119 e. The first-order valence-electron chi connectivity index (χ1n) is 6.28. The summed E-state index contributed by atoms with van der Waals surface area (Å²) in [6.07, 6.45) is 5.15. The van der Waals surface area contributed by atoms with Crippen molar-refractivity contribution in [1.82, 2.24) is 5.32 Å². The highest BCUT2D eigenvalue weighted by Crippen LogP contribution is 2.38. The van der Waals surface area contributed by atoms with Gasteiger partial charge < -0.3 is 10.1 Å². The number of methoxy groups -OCH3 is 1. The van der Waals surface area contributed by atoms with E-state index in [1.54, 1.807) is 7.11 Å². The van der Waals surface area contributed by atoms with Gasteiger partial charge in [-0.05, 0) is 61.4 Å². The van der Waals surface area contributed by atoms with Crippen LogP contribution in [-0.4, -0.2) is 19.7 Å². The van der Waals surface area contributed by atoms with Gasteiger partial charge in [-0.2, -0.15) is 0 Å². The number of hydrogen-bond acceptors (Lipinski definition) is 2. The molecular formula is C14H19NO. The van der Waals surface area contributed by atoms with E-state index >= 15 is 0 Å². The molecule has 1 fully saturated rings. The lowest BCUT2D eigenvalue weighted by Gasteiger charge is -2.38. The van der Waals surface area contributed by atoms with Gasteiger partial charge in [0.1, 0.15) is 5.75 Å². The molecule has 1 aromatic rings. The van der Waals surface area contributed by atoms with Crippen LogP contribution in [-0.2, 0) is 6.42 Å². The van der Waals surface area contributed by atoms with Crippen molar-refractivity contribution in [1.29, 1.82) is 0 Å². The topological polar surface area (TPSA) is 21.3 Å². The van der Waals surface area contributed by atoms with Gasteiger partial charge in [0.15, 0.2) is 0 Å². The Morgan fingerprint density at radius 1 is 1.31 bits per heavy atom. The van der Waals surface area contributed by atoms with Crippen LogP contribution in [0.25, 0.3) is 0 Å². The maximum absolute atomic E-state index is 5.34. The van der Waals surface area contributed by atoms with Crippen LogP contribution in [0.2, 0.25) is 0 Å². The Balaban J connectivity index is 1.98. The molecule has 86 valence electrons. The Morgan fingerprint density at radius 2 is 2.25 bits per heavy atom. The monoisotopic (exact) mass is 217 g/mol. The highest BCUT2D eigenvalue weighted by atomic mass is 16.5. The number of piperidine rings is 1. The lowest BCUT2D eigenvalue weighted by Crippen LogP contribution is -2.42. The average molecular weight is 217 g/mol. The van der Waals surface area contributed by atoms with E-state index in [1.165, 1.54) is 43.4 Å². The van der Waals surface area contributed by atoms with E-state index in [0.717, 1.165) is 5.75 Å². The Labute approximate surface area is 97.0 Å². The van der Waals surface area contributed by atoms with Crippen LogP contribution in [0.5, 0.6) is 5.75 Å². The Morgan fingerprint density at radius 3 is 3.12 bits per heavy atom. The zero-order chi connectivity index (χ0) is 11.0. The molecule has 2 heteroatoms. The van der Waals surface area contributed by atoms with Gasteiger partial charge in [0.25, 0.3) is 0 Å². The number of nitrogens with one attached hydrogen (secondary N) is 1. The fourth-order valence-electron chi connectivity index (χ4n) is 3.21. The first-order chi connectivity index (χ1) is 7.88. The number of rotatable bonds is 1. The van der Waals surface area contributed by atoms with Crippen molar-refractivity contribution in [3.05, 3.63) is 29.3 Å². The van der Waals surface area contributed by atoms with E-state index in [2.05, 4.69) is 23.5 Å². The number of hydrogen-bond donors (Lipinski definition) is 1. The second-order valence-corrected chi connectivity index (χ2v) is 4.91. The molecule has 1 aromatic carbocycles. The maximum Gasteiger partial charge on any atom is 0.119 e. The van der Waals surface area contributed by atoms with E-state index in [0.29, 0.717) is 12.0 Å². The normalized spacial score (nSPS) is 28.1. The van der Waals surface area contributed by atoms with Crippen LogP contribution >= 0.6 is 0 Å². The molecule has 0 radical (unpaired) electrons. The second kappa shape index (κ2) is 4.10. The number of benzene rings is 1. The summed E-state index contributed by atoms with van der Waals surface area (Å²) in [5, 5.41) is 3.66. The molecule has 0 aromatic heterocycles. The fourth-order valence-corrected chi connectivity index (χ4v) is 3.21. The Kier molecular flexibility index (Phi) is 2.60. The Hall–Kier alpha value is -1.02. The number of aryl methyl sites for hydroxylation is 1. The summed E-state index contributed by atoms with van der Waals surface area (Å²) in [5.74, 6) is 1.72. The molecule has 2 aliphatic rings. The molecule has 2 nitrogen and oxygen atoms in total. The first kappa shape index (κ1) is 10.2. The summed E-state index contributed by atoms with van der Waals surface area (Å²) in [6, 6.07) is 7.29. The lowest BCUT2D eigenvalue weighted by molar-refractivity contribution is 0.318. The van der Waals surface area contributed by atoms with Crippen molar-refractivity contribution < 1.29 is 4.74 Å². The van der Waals surface area contributed by atoms with E-state index in [1.807, 2.05) is 0 Å². The average Bonchev–Trinajstić information content (AvgIpc) is 2.38. The van der Waals surface area contributed by atoms with Crippen molar-refractivity contribution in [2.75, 3.05) is 13.7 Å². The van der Waals surface area contributed by atoms with Crippen molar-refractivity contribution in [3.8, 4) is 5.75 Å². The van der Waals surface area contributed by atoms with Gasteiger partial charge in [0.05, 0.1) is 7.11 Å². The standard InChI is InChI=1S/C14H19NO/c1-16-11-6-4-10-5-7-14-12(13(10)9-11)3-2-8-15-14/h4,6,9,12,14-15H,2-3,5,7-8H2,1H3/t12?,14-/m0/s1. The van der Waals surface area contributed by atoms with Gasteiger partial charge in [-0.15, -0.1) is 0 Å². The molecular weight excluding hydrogens is 198 g/mol. The van der Waals surface area contributed by atoms with E-state index in [9.17, 15) is 0 Å². The van der Waals surface area contributed by atoms with Crippen molar-refractivity contribution in [3.63, 3.8) is 0 Å². The summed E-state index contributed by atoms with van der Waals surface area (Å²) in [4.78, 5) is 0. The predicted octanol–water partition coefficient (Wildman–Crippen LogP) is 2.48. The summed E-state index contributed by atoms with van der Waals surface area (Å²) in [7, 11) is 1.75. The summed E-state index contributed by atoms with van der Waals surface area (Å²) in [6.45, 7) is 1.19. The maximum atomic E-state index is 5.34. The van der Waals surface area contributed by atoms with Crippen LogP contribution < -0.4 is 10.1 Å². The summed E-state index contributed by atoms with van der Waals surface area (Å²) < 4.78 is 5.34. The molecule has 1 N–H and O–H groups in total. The van der Waals surface area contributed by atoms with Gasteiger partial charge >= 0.3 is 0 Å². The zero-order valence-corrected chi connectivity index (χ0v) is 9.83. The van der Waals surface area contributed by atoms with Crippen LogP contribution in [0, 0.1) is 0 Å². The molecule has 1 aliphatic heterocycles. The molecule has 1 saturated heterocycles. The third-order valence-electron chi connectivity index (χ3n) is 4.06. The molecule has 0 amide bonds. The molecule has 16 heavy (non-hydrogen) atoms. The third-order valence-corrected chi connectivity index (χ3v) is 4.06. The molecule has 1 heterocycles. The van der Waals surface area contributed by atoms with Gasteiger partial charge in [0, 0.05) is 6.04 Å². The van der Waals surface area contributed by atoms with Crippen LogP contribution in [0.1, 0.15) is 36.3 Å². The molecule has 0 saturated carbocycles. The van der Waals surface area contributed by atoms with Crippen LogP contribution in [0.15, 0.2) is 18.2 Å². The fraction of sp³-hybridized carbons (Fsp3) is 0.571. The molecule has 0 bridgehead atoms. The van der Waals surface area contributed by atoms with Gasteiger partial charge in [-0.1, -0.05) is 6.07 Å². The molecule has 2 atom stereocenters. The van der Waals surface area contributed by atoms with E-state index < -0.39 is 0 Å². The van der Waals surface area contributed by atoms with Crippen molar-refractivity contribution in [2.45, 2.75) is 37.6 Å². The third kappa shape index (κ3) is 1.61. The summed E-state index contributed by atoms with van der Waals surface area (Å²) >= 11 is 0. The zero-order valence-electron chi connectivity index (χ0n) is 9.83. The SMILES string of the molecule is COc1ccc2c(c1)C1CCCN[C@H]1CC2.